The predicted molar refractivity (Wildman–Crippen MR) is 106 cm³/mol. The van der Waals surface area contributed by atoms with Crippen LogP contribution in [0.25, 0.3) is 0 Å². The zero-order valence-corrected chi connectivity index (χ0v) is 16.5. The number of nitrogens with zero attached hydrogens (tertiary/aromatic N) is 1. The Hall–Kier alpha value is -2.25. The summed E-state index contributed by atoms with van der Waals surface area (Å²) in [5.74, 6) is -0.631. The Kier molecular flexibility index (Phi) is 5.92. The maximum absolute atomic E-state index is 12.7. The molecule has 6 nitrogen and oxygen atoms in total. The van der Waals surface area contributed by atoms with Crippen LogP contribution < -0.4 is 9.62 Å². The second kappa shape index (κ2) is 8.19. The van der Waals surface area contributed by atoms with Crippen LogP contribution in [0.5, 0.6) is 0 Å². The Balaban J connectivity index is 1.81. The van der Waals surface area contributed by atoms with Crippen LogP contribution >= 0.6 is 11.6 Å². The fourth-order valence-electron chi connectivity index (χ4n) is 3.06. The lowest BCUT2D eigenvalue weighted by Gasteiger charge is -2.28. The van der Waals surface area contributed by atoms with E-state index < -0.39 is 16.0 Å². The molecular weight excluding hydrogens is 388 g/mol. The van der Waals surface area contributed by atoms with Gasteiger partial charge in [0.1, 0.15) is 4.90 Å². The van der Waals surface area contributed by atoms with Gasteiger partial charge in [-0.25, -0.2) is 13.2 Å². The van der Waals surface area contributed by atoms with Gasteiger partial charge in [0.2, 0.25) is 0 Å². The summed E-state index contributed by atoms with van der Waals surface area (Å²) in [5, 5.41) is 0.0279. The molecule has 1 heterocycles. The Morgan fingerprint density at radius 1 is 1.07 bits per heavy atom. The number of nitrogens with one attached hydrogen (secondary N) is 1. The zero-order valence-electron chi connectivity index (χ0n) is 14.9. The van der Waals surface area contributed by atoms with Crippen molar-refractivity contribution in [1.82, 2.24) is 0 Å². The first-order chi connectivity index (χ1) is 12.9. The standard InChI is InChI=1S/C19H21ClN2O4S/c1-26-19(23)14-5-10-17(20)18(13-14)27(24,25)21-15-6-8-16(9-7-15)22-11-3-2-4-12-22/h5-10,13,21H,2-4,11-12H2,1H3. The van der Waals surface area contributed by atoms with Crippen molar-refractivity contribution in [3.63, 3.8) is 0 Å². The molecule has 27 heavy (non-hydrogen) atoms. The van der Waals surface area contributed by atoms with Gasteiger partial charge in [-0.3, -0.25) is 4.72 Å². The van der Waals surface area contributed by atoms with Crippen molar-refractivity contribution in [3.05, 3.63) is 53.1 Å². The van der Waals surface area contributed by atoms with E-state index in [0.717, 1.165) is 18.8 Å². The zero-order chi connectivity index (χ0) is 19.4. The SMILES string of the molecule is COC(=O)c1ccc(Cl)c(S(=O)(=O)Nc2ccc(N3CCCCC3)cc2)c1. The summed E-state index contributed by atoms with van der Waals surface area (Å²) in [5.41, 5.74) is 1.61. The summed E-state index contributed by atoms with van der Waals surface area (Å²) in [6, 6.07) is 11.2. The maximum Gasteiger partial charge on any atom is 0.337 e. The number of carbonyl (C=O) groups is 1. The first-order valence-electron chi connectivity index (χ1n) is 8.66. The minimum Gasteiger partial charge on any atom is -0.465 e. The highest BCUT2D eigenvalue weighted by atomic mass is 35.5. The topological polar surface area (TPSA) is 75.7 Å². The lowest BCUT2D eigenvalue weighted by molar-refractivity contribution is 0.0600. The van der Waals surface area contributed by atoms with E-state index in [2.05, 4.69) is 14.4 Å². The number of benzene rings is 2. The number of rotatable bonds is 5. The van der Waals surface area contributed by atoms with Crippen LogP contribution in [0.3, 0.4) is 0 Å². The van der Waals surface area contributed by atoms with Gasteiger partial charge in [0.15, 0.2) is 0 Å². The number of sulfonamides is 1. The van der Waals surface area contributed by atoms with Gasteiger partial charge < -0.3 is 9.64 Å². The van der Waals surface area contributed by atoms with Crippen molar-refractivity contribution in [2.45, 2.75) is 24.2 Å². The molecule has 0 radical (unpaired) electrons. The molecule has 0 aromatic heterocycles. The largest absolute Gasteiger partial charge is 0.465 e. The number of halogens is 1. The second-order valence-corrected chi connectivity index (χ2v) is 8.39. The van der Waals surface area contributed by atoms with Gasteiger partial charge in [0, 0.05) is 24.5 Å². The summed E-state index contributed by atoms with van der Waals surface area (Å²) in [7, 11) is -2.72. The van der Waals surface area contributed by atoms with Crippen molar-refractivity contribution >= 4 is 39.0 Å². The van der Waals surface area contributed by atoms with Crippen molar-refractivity contribution < 1.29 is 17.9 Å². The van der Waals surface area contributed by atoms with Crippen molar-refractivity contribution in [2.24, 2.45) is 0 Å². The lowest BCUT2D eigenvalue weighted by atomic mass is 10.1. The fourth-order valence-corrected chi connectivity index (χ4v) is 4.64. The minimum atomic E-state index is -3.95. The third-order valence-electron chi connectivity index (χ3n) is 4.48. The first kappa shape index (κ1) is 19.5. The molecule has 3 rings (SSSR count). The average Bonchev–Trinajstić information content (AvgIpc) is 2.68. The highest BCUT2D eigenvalue weighted by Crippen LogP contribution is 2.27. The first-order valence-corrected chi connectivity index (χ1v) is 10.5. The summed E-state index contributed by atoms with van der Waals surface area (Å²) in [6.45, 7) is 2.03. The quantitative estimate of drug-likeness (QED) is 0.759. The Morgan fingerprint density at radius 3 is 2.37 bits per heavy atom. The molecule has 1 aliphatic rings. The average molecular weight is 409 g/mol. The van der Waals surface area contributed by atoms with E-state index in [-0.39, 0.29) is 15.5 Å². The molecule has 0 saturated carbocycles. The molecule has 1 N–H and O–H groups in total. The number of piperidine rings is 1. The molecule has 0 amide bonds. The van der Waals surface area contributed by atoms with E-state index in [1.54, 1.807) is 12.1 Å². The highest BCUT2D eigenvalue weighted by molar-refractivity contribution is 7.92. The van der Waals surface area contributed by atoms with Crippen LogP contribution in [0.15, 0.2) is 47.4 Å². The molecule has 0 unspecified atom stereocenters. The lowest BCUT2D eigenvalue weighted by Crippen LogP contribution is -2.29. The van der Waals surface area contributed by atoms with Crippen LogP contribution in [0, 0.1) is 0 Å². The molecule has 8 heteroatoms. The summed E-state index contributed by atoms with van der Waals surface area (Å²) in [6.07, 6.45) is 3.59. The predicted octanol–water partition coefficient (Wildman–Crippen LogP) is 3.92. The van der Waals surface area contributed by atoms with E-state index in [9.17, 15) is 13.2 Å². The normalized spacial score (nSPS) is 14.7. The summed E-state index contributed by atoms with van der Waals surface area (Å²) >= 11 is 6.04. The molecule has 1 saturated heterocycles. The molecule has 2 aromatic rings. The van der Waals surface area contributed by atoms with Crippen LogP contribution in [-0.2, 0) is 14.8 Å². The van der Waals surface area contributed by atoms with E-state index in [0.29, 0.717) is 5.69 Å². The van der Waals surface area contributed by atoms with Gasteiger partial charge in [-0.15, -0.1) is 0 Å². The number of carbonyl (C=O) groups excluding carboxylic acids is 1. The van der Waals surface area contributed by atoms with Gasteiger partial charge in [0.05, 0.1) is 17.7 Å². The van der Waals surface area contributed by atoms with Crippen LogP contribution in [0.2, 0.25) is 5.02 Å². The molecule has 0 bridgehead atoms. The number of hydrogen-bond acceptors (Lipinski definition) is 5. The number of methoxy groups -OCH3 is 1. The smallest absolute Gasteiger partial charge is 0.337 e. The molecule has 144 valence electrons. The van der Waals surface area contributed by atoms with Crippen LogP contribution in [-0.4, -0.2) is 34.6 Å². The van der Waals surface area contributed by atoms with E-state index in [4.69, 9.17) is 11.6 Å². The molecule has 1 aliphatic heterocycles. The summed E-state index contributed by atoms with van der Waals surface area (Å²) < 4.78 is 32.6. The minimum absolute atomic E-state index is 0.0279. The second-order valence-electron chi connectivity index (χ2n) is 6.34. The molecule has 0 spiro atoms. The van der Waals surface area contributed by atoms with Gasteiger partial charge in [-0.1, -0.05) is 11.6 Å². The Bertz CT molecular complexity index is 923. The fraction of sp³-hybridized carbons (Fsp3) is 0.316. The van der Waals surface area contributed by atoms with Gasteiger partial charge in [-0.2, -0.15) is 0 Å². The van der Waals surface area contributed by atoms with Crippen molar-refractivity contribution in [3.8, 4) is 0 Å². The van der Waals surface area contributed by atoms with E-state index in [1.165, 1.54) is 44.6 Å². The Labute approximate surface area is 164 Å². The maximum atomic E-state index is 12.7. The molecule has 2 aromatic carbocycles. The molecule has 1 fully saturated rings. The Morgan fingerprint density at radius 2 is 1.74 bits per heavy atom. The number of esters is 1. The van der Waals surface area contributed by atoms with Gasteiger partial charge >= 0.3 is 5.97 Å². The third-order valence-corrected chi connectivity index (χ3v) is 6.35. The molecule has 0 aliphatic carbocycles. The molecule has 0 atom stereocenters. The third kappa shape index (κ3) is 4.54. The number of anilines is 2. The number of ether oxygens (including phenoxy) is 1. The highest BCUT2D eigenvalue weighted by Gasteiger charge is 2.21. The van der Waals surface area contributed by atoms with Crippen LogP contribution in [0.4, 0.5) is 11.4 Å². The van der Waals surface area contributed by atoms with Gasteiger partial charge in [-0.05, 0) is 61.7 Å². The number of hydrogen-bond donors (Lipinski definition) is 1. The van der Waals surface area contributed by atoms with Crippen molar-refractivity contribution in [2.75, 3.05) is 29.8 Å². The van der Waals surface area contributed by atoms with E-state index >= 15 is 0 Å². The van der Waals surface area contributed by atoms with Crippen molar-refractivity contribution in [1.29, 1.82) is 0 Å². The monoisotopic (exact) mass is 408 g/mol. The van der Waals surface area contributed by atoms with E-state index in [1.807, 2.05) is 12.1 Å². The molecular formula is C19H21ClN2O4S. The van der Waals surface area contributed by atoms with Gasteiger partial charge in [0.25, 0.3) is 10.0 Å². The summed E-state index contributed by atoms with van der Waals surface area (Å²) in [4.78, 5) is 13.8. The van der Waals surface area contributed by atoms with Crippen LogP contribution in [0.1, 0.15) is 29.6 Å².